The first kappa shape index (κ1) is 13.3. The van der Waals surface area contributed by atoms with E-state index in [1.165, 1.54) is 11.8 Å². The van der Waals surface area contributed by atoms with Crippen LogP contribution < -0.4 is 5.32 Å². The fourth-order valence-electron chi connectivity index (χ4n) is 1.75. The van der Waals surface area contributed by atoms with Crippen LogP contribution in [0.1, 0.15) is 12.0 Å². The molecule has 1 fully saturated rings. The molecular weight excluding hydrogens is 260 g/mol. The molecule has 18 heavy (non-hydrogen) atoms. The predicted octanol–water partition coefficient (Wildman–Crippen LogP) is 1.45. The summed E-state index contributed by atoms with van der Waals surface area (Å²) in [5.74, 6) is -0.612. The summed E-state index contributed by atoms with van der Waals surface area (Å²) < 4.78 is 26.2. The van der Waals surface area contributed by atoms with E-state index < -0.39 is 23.1 Å². The number of halogens is 2. The van der Waals surface area contributed by atoms with Gasteiger partial charge in [-0.05, 0) is 30.4 Å². The molecule has 1 heterocycles. The fraction of sp³-hybridized carbons (Fsp3) is 0.417. The maximum atomic E-state index is 13.3. The van der Waals surface area contributed by atoms with Crippen LogP contribution in [0, 0.1) is 11.6 Å². The molecule has 0 bridgehead atoms. The molecule has 0 spiro atoms. The molecule has 1 amide bonds. The van der Waals surface area contributed by atoms with Gasteiger partial charge in [-0.3, -0.25) is 4.79 Å². The highest BCUT2D eigenvalue weighted by molar-refractivity contribution is 7.99. The molecule has 1 aliphatic heterocycles. The summed E-state index contributed by atoms with van der Waals surface area (Å²) in [6.07, 6.45) is 0.384. The van der Waals surface area contributed by atoms with Crippen LogP contribution >= 0.6 is 11.8 Å². The summed E-state index contributed by atoms with van der Waals surface area (Å²) in [6, 6.07) is 3.06. The van der Waals surface area contributed by atoms with E-state index in [9.17, 15) is 18.7 Å². The number of rotatable bonds is 3. The highest BCUT2D eigenvalue weighted by Crippen LogP contribution is 2.27. The van der Waals surface area contributed by atoms with Crippen LogP contribution in [0.5, 0.6) is 0 Å². The summed E-state index contributed by atoms with van der Waals surface area (Å²) in [5.41, 5.74) is -1.31. The molecule has 1 aromatic carbocycles. The lowest BCUT2D eigenvalue weighted by Gasteiger charge is -2.20. The molecule has 1 aliphatic rings. The molecule has 98 valence electrons. The lowest BCUT2D eigenvalue weighted by atomic mass is 10.0. The minimum Gasteiger partial charge on any atom is -0.379 e. The Balaban J connectivity index is 1.99. The van der Waals surface area contributed by atoms with Gasteiger partial charge < -0.3 is 10.4 Å². The standard InChI is InChI=1S/C12H13F2NO2S/c13-9-1-2-10(14)8(5-9)6-15-11(16)12(17)3-4-18-7-12/h1-2,5,17H,3-4,6-7H2,(H,15,16). The van der Waals surface area contributed by atoms with Crippen molar-refractivity contribution >= 4 is 17.7 Å². The third-order valence-corrected chi connectivity index (χ3v) is 4.05. The number of aliphatic hydroxyl groups is 1. The van der Waals surface area contributed by atoms with Gasteiger partial charge in [0.25, 0.3) is 5.91 Å². The van der Waals surface area contributed by atoms with Gasteiger partial charge >= 0.3 is 0 Å². The van der Waals surface area contributed by atoms with Gasteiger partial charge in [0, 0.05) is 17.9 Å². The zero-order valence-corrected chi connectivity index (χ0v) is 10.4. The largest absolute Gasteiger partial charge is 0.379 e. The summed E-state index contributed by atoms with van der Waals surface area (Å²) in [5, 5.41) is 12.4. The van der Waals surface area contributed by atoms with E-state index in [-0.39, 0.29) is 12.1 Å². The second kappa shape index (κ2) is 5.24. The smallest absolute Gasteiger partial charge is 0.253 e. The number of carbonyl (C=O) groups is 1. The molecule has 1 aromatic rings. The SMILES string of the molecule is O=C(NCc1cc(F)ccc1F)C1(O)CCSC1. The van der Waals surface area contributed by atoms with Crippen LogP contribution in [-0.2, 0) is 11.3 Å². The van der Waals surface area contributed by atoms with Gasteiger partial charge in [0.2, 0.25) is 0 Å². The molecule has 6 heteroatoms. The molecule has 3 nitrogen and oxygen atoms in total. The van der Waals surface area contributed by atoms with Gasteiger partial charge in [-0.1, -0.05) is 0 Å². The first-order valence-corrected chi connectivity index (χ1v) is 6.69. The molecule has 0 aliphatic carbocycles. The van der Waals surface area contributed by atoms with Crippen LogP contribution in [0.4, 0.5) is 8.78 Å². The first-order chi connectivity index (χ1) is 8.51. The summed E-state index contributed by atoms with van der Waals surface area (Å²) in [4.78, 5) is 11.7. The summed E-state index contributed by atoms with van der Waals surface area (Å²) in [6.45, 7) is -0.130. The maximum Gasteiger partial charge on any atom is 0.253 e. The van der Waals surface area contributed by atoms with E-state index >= 15 is 0 Å². The normalized spacial score (nSPS) is 23.1. The van der Waals surface area contributed by atoms with Crippen molar-refractivity contribution in [1.29, 1.82) is 0 Å². The lowest BCUT2D eigenvalue weighted by Crippen LogP contribution is -2.46. The maximum absolute atomic E-state index is 13.3. The number of hydrogen-bond acceptors (Lipinski definition) is 3. The number of benzene rings is 1. The fourth-order valence-corrected chi connectivity index (χ4v) is 2.99. The number of hydrogen-bond donors (Lipinski definition) is 2. The van der Waals surface area contributed by atoms with Gasteiger partial charge in [0.05, 0.1) is 0 Å². The monoisotopic (exact) mass is 273 g/mol. The van der Waals surface area contributed by atoms with Crippen LogP contribution in [0.2, 0.25) is 0 Å². The van der Waals surface area contributed by atoms with Crippen molar-refractivity contribution in [3.63, 3.8) is 0 Å². The lowest BCUT2D eigenvalue weighted by molar-refractivity contribution is -0.137. The predicted molar refractivity (Wildman–Crippen MR) is 65.1 cm³/mol. The van der Waals surface area contributed by atoms with Crippen molar-refractivity contribution in [1.82, 2.24) is 5.32 Å². The van der Waals surface area contributed by atoms with Crippen molar-refractivity contribution in [2.24, 2.45) is 0 Å². The van der Waals surface area contributed by atoms with Gasteiger partial charge in [-0.2, -0.15) is 11.8 Å². The molecule has 1 unspecified atom stereocenters. The van der Waals surface area contributed by atoms with Gasteiger partial charge in [0.1, 0.15) is 11.6 Å². The Morgan fingerprint density at radius 2 is 2.28 bits per heavy atom. The molecule has 0 saturated carbocycles. The Morgan fingerprint density at radius 1 is 1.50 bits per heavy atom. The van der Waals surface area contributed by atoms with Crippen LogP contribution in [0.25, 0.3) is 0 Å². The van der Waals surface area contributed by atoms with Crippen molar-refractivity contribution in [2.75, 3.05) is 11.5 Å². The van der Waals surface area contributed by atoms with E-state index in [2.05, 4.69) is 5.32 Å². The summed E-state index contributed by atoms with van der Waals surface area (Å²) >= 11 is 1.49. The summed E-state index contributed by atoms with van der Waals surface area (Å²) in [7, 11) is 0. The van der Waals surface area contributed by atoms with Gasteiger partial charge in [-0.25, -0.2) is 8.78 Å². The quantitative estimate of drug-likeness (QED) is 0.876. The Hall–Kier alpha value is -1.14. The number of thioether (sulfide) groups is 1. The number of carbonyl (C=O) groups excluding carboxylic acids is 1. The zero-order chi connectivity index (χ0) is 13.2. The average molecular weight is 273 g/mol. The van der Waals surface area contributed by atoms with E-state index in [0.29, 0.717) is 12.2 Å². The van der Waals surface area contributed by atoms with E-state index in [1.807, 2.05) is 0 Å². The minimum atomic E-state index is -1.38. The Morgan fingerprint density at radius 3 is 2.94 bits per heavy atom. The van der Waals surface area contributed by atoms with Gasteiger partial charge in [0.15, 0.2) is 5.60 Å². The van der Waals surface area contributed by atoms with Gasteiger partial charge in [-0.15, -0.1) is 0 Å². The zero-order valence-electron chi connectivity index (χ0n) is 9.58. The highest BCUT2D eigenvalue weighted by Gasteiger charge is 2.39. The third kappa shape index (κ3) is 2.81. The molecule has 0 radical (unpaired) electrons. The average Bonchev–Trinajstić information content (AvgIpc) is 2.78. The second-order valence-electron chi connectivity index (χ2n) is 4.25. The van der Waals surface area contributed by atoms with Crippen molar-refractivity contribution < 1.29 is 18.7 Å². The Bertz CT molecular complexity index is 461. The van der Waals surface area contributed by atoms with Crippen LogP contribution in [-0.4, -0.2) is 28.1 Å². The van der Waals surface area contributed by atoms with Crippen LogP contribution in [0.15, 0.2) is 18.2 Å². The Labute approximate surface area is 108 Å². The number of amides is 1. The Kier molecular flexibility index (Phi) is 3.87. The van der Waals surface area contributed by atoms with E-state index in [1.54, 1.807) is 0 Å². The van der Waals surface area contributed by atoms with Crippen molar-refractivity contribution in [2.45, 2.75) is 18.6 Å². The molecule has 2 rings (SSSR count). The van der Waals surface area contributed by atoms with Crippen molar-refractivity contribution in [3.05, 3.63) is 35.4 Å². The molecule has 0 aromatic heterocycles. The minimum absolute atomic E-state index is 0.0672. The highest BCUT2D eigenvalue weighted by atomic mass is 32.2. The van der Waals surface area contributed by atoms with E-state index in [4.69, 9.17) is 0 Å². The topological polar surface area (TPSA) is 49.3 Å². The third-order valence-electron chi connectivity index (χ3n) is 2.87. The van der Waals surface area contributed by atoms with Crippen LogP contribution in [0.3, 0.4) is 0 Å². The molecular formula is C12H13F2NO2S. The molecule has 2 N–H and O–H groups in total. The molecule has 1 atom stereocenters. The first-order valence-electron chi connectivity index (χ1n) is 5.54. The molecule has 1 saturated heterocycles. The van der Waals surface area contributed by atoms with Crippen molar-refractivity contribution in [3.8, 4) is 0 Å². The number of nitrogens with one attached hydrogen (secondary N) is 1. The van der Waals surface area contributed by atoms with E-state index in [0.717, 1.165) is 24.0 Å². The second-order valence-corrected chi connectivity index (χ2v) is 5.36.